The number of hydrogen-bond donors (Lipinski definition) is 1. The van der Waals surface area contributed by atoms with Gasteiger partial charge in [0.2, 0.25) is 12.7 Å². The van der Waals surface area contributed by atoms with E-state index in [2.05, 4.69) is 21.3 Å². The SMILES string of the molecule is COc1cc(OC)cc(C(=O)Nc2nc3c(s2)CCC3C(=O)N2CCN(Cc3ccc4c(c3)OCO4)CC2)c1. The molecule has 0 saturated carbocycles. The Morgan fingerprint density at radius 3 is 2.51 bits per heavy atom. The van der Waals surface area contributed by atoms with Crippen molar-refractivity contribution >= 4 is 28.3 Å². The summed E-state index contributed by atoms with van der Waals surface area (Å²) < 4.78 is 21.4. The van der Waals surface area contributed by atoms with Gasteiger partial charge < -0.3 is 23.8 Å². The summed E-state index contributed by atoms with van der Waals surface area (Å²) in [6, 6.07) is 11.1. The fraction of sp³-hybridized carbons (Fsp3) is 0.393. The number of anilines is 1. The van der Waals surface area contributed by atoms with Crippen molar-refractivity contribution in [3.05, 3.63) is 58.1 Å². The van der Waals surface area contributed by atoms with Gasteiger partial charge in [0.05, 0.1) is 25.8 Å². The normalized spacial score (nSPS) is 18.1. The third kappa shape index (κ3) is 5.24. The third-order valence-corrected chi connectivity index (χ3v) is 8.42. The van der Waals surface area contributed by atoms with Crippen LogP contribution in [0.15, 0.2) is 36.4 Å². The third-order valence-electron chi connectivity index (χ3n) is 7.38. The summed E-state index contributed by atoms with van der Waals surface area (Å²) in [7, 11) is 3.08. The highest BCUT2D eigenvalue weighted by Gasteiger charge is 2.36. The van der Waals surface area contributed by atoms with E-state index in [1.54, 1.807) is 18.2 Å². The predicted octanol–water partition coefficient (Wildman–Crippen LogP) is 3.52. The molecule has 0 bridgehead atoms. The number of carbonyl (C=O) groups excluding carboxylic acids is 2. The van der Waals surface area contributed by atoms with E-state index < -0.39 is 0 Å². The summed E-state index contributed by atoms with van der Waals surface area (Å²) in [5.74, 6) is 2.19. The quantitative estimate of drug-likeness (QED) is 0.477. The molecule has 3 heterocycles. The van der Waals surface area contributed by atoms with Gasteiger partial charge in [-0.3, -0.25) is 19.8 Å². The Morgan fingerprint density at radius 1 is 1.03 bits per heavy atom. The van der Waals surface area contributed by atoms with E-state index in [0.717, 1.165) is 54.5 Å². The molecule has 3 aromatic rings. The molecule has 2 aromatic carbocycles. The van der Waals surface area contributed by atoms with Crippen LogP contribution in [0.25, 0.3) is 0 Å². The van der Waals surface area contributed by atoms with Gasteiger partial charge in [-0.15, -0.1) is 11.3 Å². The van der Waals surface area contributed by atoms with Crippen LogP contribution in [0.1, 0.15) is 38.8 Å². The van der Waals surface area contributed by atoms with E-state index in [4.69, 9.17) is 18.9 Å². The van der Waals surface area contributed by atoms with Crippen molar-refractivity contribution in [3.8, 4) is 23.0 Å². The molecule has 39 heavy (non-hydrogen) atoms. The lowest BCUT2D eigenvalue weighted by atomic mass is 10.0. The molecule has 2 aliphatic heterocycles. The maximum Gasteiger partial charge on any atom is 0.257 e. The van der Waals surface area contributed by atoms with Crippen LogP contribution in [0.5, 0.6) is 23.0 Å². The molecule has 1 atom stereocenters. The van der Waals surface area contributed by atoms with Crippen LogP contribution in [0.2, 0.25) is 0 Å². The Hall–Kier alpha value is -3.83. The number of ether oxygens (including phenoxy) is 4. The molecule has 2 amide bonds. The van der Waals surface area contributed by atoms with Gasteiger partial charge in [0.15, 0.2) is 16.6 Å². The lowest BCUT2D eigenvalue weighted by Crippen LogP contribution is -2.49. The van der Waals surface area contributed by atoms with Crippen molar-refractivity contribution < 1.29 is 28.5 Å². The first-order chi connectivity index (χ1) is 19.0. The van der Waals surface area contributed by atoms with Crippen molar-refractivity contribution in [2.75, 3.05) is 52.5 Å². The highest BCUT2D eigenvalue weighted by atomic mass is 32.1. The first-order valence-electron chi connectivity index (χ1n) is 12.9. The number of carbonyl (C=O) groups is 2. The molecule has 3 aliphatic rings. The number of methoxy groups -OCH3 is 2. The zero-order valence-electron chi connectivity index (χ0n) is 21.9. The highest BCUT2D eigenvalue weighted by Crippen LogP contribution is 2.40. The summed E-state index contributed by atoms with van der Waals surface area (Å²) >= 11 is 1.44. The molecule has 1 fully saturated rings. The van der Waals surface area contributed by atoms with E-state index >= 15 is 0 Å². The van der Waals surface area contributed by atoms with Crippen LogP contribution in [-0.2, 0) is 17.8 Å². The second-order valence-electron chi connectivity index (χ2n) is 9.76. The molecule has 6 rings (SSSR count). The van der Waals surface area contributed by atoms with Gasteiger partial charge in [-0.1, -0.05) is 6.07 Å². The minimum absolute atomic E-state index is 0.122. The van der Waals surface area contributed by atoms with Crippen molar-refractivity contribution in [2.45, 2.75) is 25.3 Å². The van der Waals surface area contributed by atoms with Gasteiger partial charge in [-0.2, -0.15) is 0 Å². The van der Waals surface area contributed by atoms with Crippen molar-refractivity contribution in [1.82, 2.24) is 14.8 Å². The highest BCUT2D eigenvalue weighted by molar-refractivity contribution is 7.16. The fourth-order valence-corrected chi connectivity index (χ4v) is 6.31. The van der Waals surface area contributed by atoms with Crippen molar-refractivity contribution in [2.24, 2.45) is 0 Å². The first-order valence-corrected chi connectivity index (χ1v) is 13.8. The van der Waals surface area contributed by atoms with Gasteiger partial charge in [-0.05, 0) is 42.7 Å². The summed E-state index contributed by atoms with van der Waals surface area (Å²) in [6.07, 6.45) is 1.54. The summed E-state index contributed by atoms with van der Waals surface area (Å²) in [4.78, 5) is 36.4. The molecule has 1 unspecified atom stereocenters. The van der Waals surface area contributed by atoms with Crippen molar-refractivity contribution in [3.63, 3.8) is 0 Å². The van der Waals surface area contributed by atoms with E-state index in [1.807, 2.05) is 17.0 Å². The number of aromatic nitrogens is 1. The van der Waals surface area contributed by atoms with Gasteiger partial charge in [0, 0.05) is 49.2 Å². The Labute approximate surface area is 230 Å². The van der Waals surface area contributed by atoms with Crippen LogP contribution in [-0.4, -0.2) is 73.8 Å². The molecule has 204 valence electrons. The number of hydrogen-bond acceptors (Lipinski definition) is 9. The fourth-order valence-electron chi connectivity index (χ4n) is 5.27. The standard InChI is InChI=1S/C28H30N4O6S/c1-35-19-12-18(13-20(14-19)36-2)26(33)30-28-29-25-21(4-6-24(25)39-28)27(34)32-9-7-31(8-10-32)15-17-3-5-22-23(11-17)38-16-37-22/h3,5,11-14,21H,4,6-10,15-16H2,1-2H3,(H,29,30,33). The molecule has 0 spiro atoms. The van der Waals surface area contributed by atoms with Crippen LogP contribution in [0.3, 0.4) is 0 Å². The maximum atomic E-state index is 13.5. The smallest absolute Gasteiger partial charge is 0.257 e. The Morgan fingerprint density at radius 2 is 1.77 bits per heavy atom. The van der Waals surface area contributed by atoms with E-state index in [-0.39, 0.29) is 24.5 Å². The Kier molecular flexibility index (Phi) is 7.01. The zero-order chi connectivity index (χ0) is 26.9. The molecule has 1 aliphatic carbocycles. The summed E-state index contributed by atoms with van der Waals surface area (Å²) in [5.41, 5.74) is 2.38. The van der Waals surface area contributed by atoms with E-state index in [0.29, 0.717) is 35.3 Å². The molecule has 1 N–H and O–H groups in total. The number of thiazole rings is 1. The minimum Gasteiger partial charge on any atom is -0.497 e. The molecule has 0 radical (unpaired) electrons. The average Bonchev–Trinajstić information content (AvgIpc) is 3.68. The number of aryl methyl sites for hydroxylation is 1. The minimum atomic E-state index is -0.305. The zero-order valence-corrected chi connectivity index (χ0v) is 22.7. The number of rotatable bonds is 7. The topological polar surface area (TPSA) is 102 Å². The Balaban J connectivity index is 1.06. The number of nitrogens with one attached hydrogen (secondary N) is 1. The maximum absolute atomic E-state index is 13.5. The van der Waals surface area contributed by atoms with Gasteiger partial charge in [0.25, 0.3) is 5.91 Å². The lowest BCUT2D eigenvalue weighted by molar-refractivity contribution is -0.134. The Bertz CT molecular complexity index is 1380. The lowest BCUT2D eigenvalue weighted by Gasteiger charge is -2.36. The van der Waals surface area contributed by atoms with Crippen molar-refractivity contribution in [1.29, 1.82) is 0 Å². The van der Waals surface area contributed by atoms with E-state index in [1.165, 1.54) is 31.1 Å². The number of benzene rings is 2. The monoisotopic (exact) mass is 550 g/mol. The second-order valence-corrected chi connectivity index (χ2v) is 10.8. The first kappa shape index (κ1) is 25.4. The predicted molar refractivity (Wildman–Crippen MR) is 145 cm³/mol. The number of amides is 2. The summed E-state index contributed by atoms with van der Waals surface area (Å²) in [5, 5.41) is 3.38. The molecule has 11 heteroatoms. The van der Waals surface area contributed by atoms with Crippen LogP contribution in [0, 0.1) is 0 Å². The van der Waals surface area contributed by atoms with Gasteiger partial charge in [0.1, 0.15) is 11.5 Å². The molecule has 1 aromatic heterocycles. The number of piperazine rings is 1. The number of nitrogens with zero attached hydrogens (tertiary/aromatic N) is 3. The van der Waals surface area contributed by atoms with Gasteiger partial charge >= 0.3 is 0 Å². The van der Waals surface area contributed by atoms with Gasteiger partial charge in [-0.25, -0.2) is 4.98 Å². The number of fused-ring (bicyclic) bond motifs is 2. The molecule has 10 nitrogen and oxygen atoms in total. The van der Waals surface area contributed by atoms with Crippen LogP contribution < -0.4 is 24.3 Å². The molecular formula is C28H30N4O6S. The largest absolute Gasteiger partial charge is 0.497 e. The average molecular weight is 551 g/mol. The van der Waals surface area contributed by atoms with Crippen LogP contribution in [0.4, 0.5) is 5.13 Å². The van der Waals surface area contributed by atoms with E-state index in [9.17, 15) is 9.59 Å². The molecular weight excluding hydrogens is 520 g/mol. The molecule has 1 saturated heterocycles. The second kappa shape index (κ2) is 10.7. The van der Waals surface area contributed by atoms with Crippen LogP contribution >= 0.6 is 11.3 Å². The summed E-state index contributed by atoms with van der Waals surface area (Å²) in [6.45, 7) is 4.05.